The second-order valence-corrected chi connectivity index (χ2v) is 5.36. The van der Waals surface area contributed by atoms with Gasteiger partial charge in [0.05, 0.1) is 22.4 Å². The van der Waals surface area contributed by atoms with Gasteiger partial charge >= 0.3 is 5.69 Å². The van der Waals surface area contributed by atoms with Gasteiger partial charge in [-0.25, -0.2) is 4.79 Å². The molecule has 0 unspecified atom stereocenters. The molecular weight excluding hydrogens is 306 g/mol. The average molecular weight is 321 g/mol. The van der Waals surface area contributed by atoms with E-state index < -0.39 is 0 Å². The molecule has 1 heterocycles. The van der Waals surface area contributed by atoms with E-state index in [1.165, 1.54) is 9.13 Å². The van der Waals surface area contributed by atoms with Crippen LogP contribution in [-0.4, -0.2) is 23.2 Å². The van der Waals surface area contributed by atoms with Crippen molar-refractivity contribution in [2.75, 3.05) is 24.3 Å². The molecule has 8 nitrogen and oxygen atoms in total. The maximum atomic E-state index is 12.1. The molecule has 0 radical (unpaired) electrons. The summed E-state index contributed by atoms with van der Waals surface area (Å²) in [5.41, 5.74) is 2.04. The average Bonchev–Trinajstić information content (AvgIpc) is 2.78. The van der Waals surface area contributed by atoms with Crippen molar-refractivity contribution in [1.29, 1.82) is 15.8 Å². The predicted molar refractivity (Wildman–Crippen MR) is 90.0 cm³/mol. The number of benzene rings is 1. The maximum absolute atomic E-state index is 12.1. The van der Waals surface area contributed by atoms with E-state index in [-0.39, 0.29) is 17.0 Å². The quantitative estimate of drug-likeness (QED) is 0.849. The Labute approximate surface area is 138 Å². The minimum atomic E-state index is -0.302. The van der Waals surface area contributed by atoms with E-state index in [1.54, 1.807) is 32.3 Å². The third-order valence-electron chi connectivity index (χ3n) is 3.72. The van der Waals surface area contributed by atoms with Gasteiger partial charge in [0.15, 0.2) is 5.57 Å². The SMILES string of the molecule is CN(C)c1cc2c(cc1NC(C#N)=C(C#N)C#N)n(C)c(=O)n2C. The molecule has 2 aromatic rings. The van der Waals surface area contributed by atoms with Gasteiger partial charge in [0, 0.05) is 28.2 Å². The number of anilines is 2. The number of nitrogens with zero attached hydrogens (tertiary/aromatic N) is 6. The van der Waals surface area contributed by atoms with Crippen LogP contribution in [0.4, 0.5) is 11.4 Å². The lowest BCUT2D eigenvalue weighted by molar-refractivity contribution is 0.795. The molecule has 0 aliphatic carbocycles. The van der Waals surface area contributed by atoms with Crippen molar-refractivity contribution in [2.45, 2.75) is 0 Å². The van der Waals surface area contributed by atoms with Crippen molar-refractivity contribution >= 4 is 22.4 Å². The van der Waals surface area contributed by atoms with Gasteiger partial charge in [0.2, 0.25) is 0 Å². The monoisotopic (exact) mass is 321 g/mol. The largest absolute Gasteiger partial charge is 0.376 e. The molecule has 0 saturated carbocycles. The first-order chi connectivity index (χ1) is 11.3. The minimum absolute atomic E-state index is 0.136. The number of aromatic nitrogens is 2. The fourth-order valence-electron chi connectivity index (χ4n) is 2.42. The Morgan fingerprint density at radius 2 is 1.58 bits per heavy atom. The Kier molecular flexibility index (Phi) is 4.30. The maximum Gasteiger partial charge on any atom is 0.328 e. The van der Waals surface area contributed by atoms with Crippen LogP contribution in [-0.2, 0) is 14.1 Å². The third kappa shape index (κ3) is 2.55. The summed E-state index contributed by atoms with van der Waals surface area (Å²) >= 11 is 0. The van der Waals surface area contributed by atoms with Gasteiger partial charge in [0.1, 0.15) is 23.9 Å². The van der Waals surface area contributed by atoms with E-state index in [0.717, 1.165) is 5.52 Å². The molecule has 1 N–H and O–H groups in total. The van der Waals surface area contributed by atoms with E-state index in [9.17, 15) is 10.1 Å². The van der Waals surface area contributed by atoms with Crippen LogP contribution in [0, 0.1) is 34.0 Å². The molecule has 0 aliphatic rings. The highest BCUT2D eigenvalue weighted by molar-refractivity contribution is 5.89. The van der Waals surface area contributed by atoms with Gasteiger partial charge in [-0.1, -0.05) is 0 Å². The summed E-state index contributed by atoms with van der Waals surface area (Å²) in [6, 6.07) is 8.75. The molecule has 0 saturated heterocycles. The van der Waals surface area contributed by atoms with Crippen molar-refractivity contribution < 1.29 is 0 Å². The molecule has 0 bridgehead atoms. The van der Waals surface area contributed by atoms with Crippen LogP contribution in [0.1, 0.15) is 0 Å². The molecule has 0 spiro atoms. The normalized spacial score (nSPS) is 9.71. The highest BCUT2D eigenvalue weighted by Crippen LogP contribution is 2.31. The van der Waals surface area contributed by atoms with Crippen LogP contribution in [0.3, 0.4) is 0 Å². The zero-order chi connectivity index (χ0) is 18.0. The first kappa shape index (κ1) is 16.7. The first-order valence-electron chi connectivity index (χ1n) is 6.94. The van der Waals surface area contributed by atoms with Gasteiger partial charge < -0.3 is 10.2 Å². The molecule has 24 heavy (non-hydrogen) atoms. The van der Waals surface area contributed by atoms with Gasteiger partial charge in [-0.3, -0.25) is 9.13 Å². The van der Waals surface area contributed by atoms with Gasteiger partial charge in [0.25, 0.3) is 0 Å². The fourth-order valence-corrected chi connectivity index (χ4v) is 2.42. The van der Waals surface area contributed by atoms with Gasteiger partial charge in [-0.05, 0) is 12.1 Å². The summed E-state index contributed by atoms with van der Waals surface area (Å²) in [5.74, 6) is 0. The molecule has 0 amide bonds. The Hall–Kier alpha value is -3.70. The van der Waals surface area contributed by atoms with Crippen molar-refractivity contribution in [3.05, 3.63) is 33.9 Å². The zero-order valence-electron chi connectivity index (χ0n) is 13.7. The second kappa shape index (κ2) is 6.20. The number of nitrogens with one attached hydrogen (secondary N) is 1. The highest BCUT2D eigenvalue weighted by Gasteiger charge is 2.16. The number of rotatable bonds is 3. The van der Waals surface area contributed by atoms with Crippen molar-refractivity contribution in [1.82, 2.24) is 9.13 Å². The molecule has 1 aromatic carbocycles. The highest BCUT2D eigenvalue weighted by atomic mass is 16.1. The lowest BCUT2D eigenvalue weighted by Crippen LogP contribution is -2.19. The molecular formula is C16H15N7O. The van der Waals surface area contributed by atoms with E-state index in [0.29, 0.717) is 16.9 Å². The summed E-state index contributed by atoms with van der Waals surface area (Å²) in [4.78, 5) is 13.9. The van der Waals surface area contributed by atoms with Gasteiger partial charge in [-0.15, -0.1) is 0 Å². The summed E-state index contributed by atoms with van der Waals surface area (Å²) in [6.45, 7) is 0. The van der Waals surface area contributed by atoms with Crippen molar-refractivity contribution in [3.63, 3.8) is 0 Å². The molecule has 2 rings (SSSR count). The number of nitriles is 3. The fraction of sp³-hybridized carbons (Fsp3) is 0.250. The predicted octanol–water partition coefficient (Wildman–Crippen LogP) is 1.18. The smallest absolute Gasteiger partial charge is 0.328 e. The number of aryl methyl sites for hydroxylation is 2. The Balaban J connectivity index is 2.77. The van der Waals surface area contributed by atoms with Crippen LogP contribution in [0.2, 0.25) is 0 Å². The Bertz CT molecular complexity index is 1020. The minimum Gasteiger partial charge on any atom is -0.376 e. The number of hydrogen-bond donors (Lipinski definition) is 1. The molecule has 120 valence electrons. The molecule has 1 aromatic heterocycles. The second-order valence-electron chi connectivity index (χ2n) is 5.36. The topological polar surface area (TPSA) is 114 Å². The van der Waals surface area contributed by atoms with Crippen LogP contribution in [0.25, 0.3) is 11.0 Å². The van der Waals surface area contributed by atoms with Gasteiger partial charge in [-0.2, -0.15) is 15.8 Å². The summed E-state index contributed by atoms with van der Waals surface area (Å²) < 4.78 is 3.02. The number of imidazole rings is 1. The summed E-state index contributed by atoms with van der Waals surface area (Å²) in [7, 11) is 6.97. The summed E-state index contributed by atoms with van der Waals surface area (Å²) in [5, 5.41) is 30.0. The molecule has 8 heteroatoms. The van der Waals surface area contributed by atoms with Crippen molar-refractivity contribution in [2.24, 2.45) is 14.1 Å². The van der Waals surface area contributed by atoms with E-state index >= 15 is 0 Å². The van der Waals surface area contributed by atoms with Crippen LogP contribution in [0.5, 0.6) is 0 Å². The van der Waals surface area contributed by atoms with Crippen LogP contribution in [0.15, 0.2) is 28.2 Å². The Morgan fingerprint density at radius 3 is 2.04 bits per heavy atom. The third-order valence-corrected chi connectivity index (χ3v) is 3.72. The number of hydrogen-bond acceptors (Lipinski definition) is 6. The standard InChI is InChI=1S/C16H15N7O/c1-21(2)13-6-15-14(22(3)16(24)23(15)4)5-11(13)20-12(9-19)10(7-17)8-18/h5-6,20H,1-4H3. The zero-order valence-corrected chi connectivity index (χ0v) is 13.7. The van der Waals surface area contributed by atoms with Crippen LogP contribution < -0.4 is 15.9 Å². The molecule has 0 atom stereocenters. The number of allylic oxidation sites excluding steroid dienone is 2. The lowest BCUT2D eigenvalue weighted by atomic mass is 10.2. The molecule has 0 aliphatic heterocycles. The van der Waals surface area contributed by atoms with E-state index in [4.69, 9.17) is 10.5 Å². The lowest BCUT2D eigenvalue weighted by Gasteiger charge is -2.19. The van der Waals surface area contributed by atoms with E-state index in [1.807, 2.05) is 31.1 Å². The Morgan fingerprint density at radius 1 is 1.04 bits per heavy atom. The first-order valence-corrected chi connectivity index (χ1v) is 6.94. The van der Waals surface area contributed by atoms with Crippen molar-refractivity contribution in [3.8, 4) is 18.2 Å². The molecule has 0 fully saturated rings. The number of fused-ring (bicyclic) bond motifs is 1. The summed E-state index contributed by atoms with van der Waals surface area (Å²) in [6.07, 6.45) is 0. The van der Waals surface area contributed by atoms with Crippen LogP contribution >= 0.6 is 0 Å². The van der Waals surface area contributed by atoms with E-state index in [2.05, 4.69) is 5.32 Å².